The molecular formula is C6H13NO2S. The molecule has 0 aromatic carbocycles. The highest BCUT2D eigenvalue weighted by Crippen LogP contribution is 2.33. The lowest BCUT2D eigenvalue weighted by Crippen LogP contribution is -2.39. The molecule has 0 spiro atoms. The highest BCUT2D eigenvalue weighted by Gasteiger charge is 2.35. The zero-order valence-corrected chi connectivity index (χ0v) is 6.89. The number of hydrogen-bond donors (Lipinski definition) is 1. The van der Waals surface area contributed by atoms with Gasteiger partial charge in [-0.15, -0.1) is 0 Å². The lowest BCUT2D eigenvalue weighted by atomic mass is 9.83. The van der Waals surface area contributed by atoms with Crippen molar-refractivity contribution in [2.24, 2.45) is 11.1 Å². The molecular weight excluding hydrogens is 150 g/mol. The Hall–Kier alpha value is -0.0900. The maximum Gasteiger partial charge on any atom is 0.211 e. The molecule has 0 radical (unpaired) electrons. The van der Waals surface area contributed by atoms with Gasteiger partial charge in [0, 0.05) is 0 Å². The van der Waals surface area contributed by atoms with Crippen LogP contribution >= 0.6 is 0 Å². The van der Waals surface area contributed by atoms with Crippen LogP contribution in [0.3, 0.4) is 0 Å². The van der Waals surface area contributed by atoms with E-state index in [4.69, 9.17) is 5.14 Å². The smallest absolute Gasteiger partial charge is 0.211 e. The average Bonchev–Trinajstić information content (AvgIpc) is 1.57. The monoisotopic (exact) mass is 163 g/mol. The van der Waals surface area contributed by atoms with Crippen LogP contribution in [0.15, 0.2) is 0 Å². The van der Waals surface area contributed by atoms with E-state index in [0.29, 0.717) is 5.92 Å². The van der Waals surface area contributed by atoms with E-state index in [9.17, 15) is 8.42 Å². The van der Waals surface area contributed by atoms with E-state index in [-0.39, 0.29) is 5.25 Å². The third kappa shape index (κ3) is 1.49. The molecule has 0 unspecified atom stereocenters. The van der Waals surface area contributed by atoms with Gasteiger partial charge in [-0.25, -0.2) is 13.6 Å². The summed E-state index contributed by atoms with van der Waals surface area (Å²) in [6, 6.07) is 0. The molecule has 1 fully saturated rings. The second-order valence-electron chi connectivity index (χ2n) is 2.96. The molecule has 0 aliphatic heterocycles. The predicted molar refractivity (Wildman–Crippen MR) is 39.9 cm³/mol. The van der Waals surface area contributed by atoms with Crippen LogP contribution in [0.2, 0.25) is 0 Å². The largest absolute Gasteiger partial charge is 0.228 e. The van der Waals surface area contributed by atoms with Crippen LogP contribution in [-0.4, -0.2) is 13.7 Å². The first-order chi connectivity index (χ1) is 4.54. The normalized spacial score (nSPS) is 33.4. The Kier molecular flexibility index (Phi) is 2.01. The summed E-state index contributed by atoms with van der Waals surface area (Å²) in [5, 5.41) is 4.69. The molecule has 0 aromatic rings. The number of sulfonamides is 1. The van der Waals surface area contributed by atoms with Gasteiger partial charge in [0.15, 0.2) is 0 Å². The van der Waals surface area contributed by atoms with Gasteiger partial charge in [0.25, 0.3) is 0 Å². The first-order valence-corrected chi connectivity index (χ1v) is 5.16. The molecule has 2 N–H and O–H groups in total. The standard InChI is InChI=1S/C6H13NO2S/c1-2-5-3-6(4-5)10(7,8)9/h5-6H,2-4H2,1H3,(H2,7,8,9). The highest BCUT2D eigenvalue weighted by molar-refractivity contribution is 7.89. The summed E-state index contributed by atoms with van der Waals surface area (Å²) in [7, 11) is -3.21. The molecule has 0 heterocycles. The lowest BCUT2D eigenvalue weighted by molar-refractivity contribution is 0.307. The van der Waals surface area contributed by atoms with Crippen LogP contribution in [0.1, 0.15) is 26.2 Å². The van der Waals surface area contributed by atoms with Crippen molar-refractivity contribution in [2.75, 3.05) is 0 Å². The molecule has 0 bridgehead atoms. The summed E-state index contributed by atoms with van der Waals surface area (Å²) in [5.74, 6) is 0.600. The van der Waals surface area contributed by atoms with E-state index in [2.05, 4.69) is 6.92 Å². The molecule has 10 heavy (non-hydrogen) atoms. The molecule has 0 aromatic heterocycles. The Morgan fingerprint density at radius 2 is 2.00 bits per heavy atom. The zero-order chi connectivity index (χ0) is 7.78. The summed E-state index contributed by atoms with van der Waals surface area (Å²) in [4.78, 5) is 0. The first kappa shape index (κ1) is 8.01. The Morgan fingerprint density at radius 1 is 1.50 bits per heavy atom. The van der Waals surface area contributed by atoms with Crippen molar-refractivity contribution in [1.82, 2.24) is 0 Å². The molecule has 3 nitrogen and oxygen atoms in total. The third-order valence-corrected chi connectivity index (χ3v) is 3.55. The van der Waals surface area contributed by atoms with E-state index in [0.717, 1.165) is 19.3 Å². The van der Waals surface area contributed by atoms with Gasteiger partial charge in [0.2, 0.25) is 10.0 Å². The minimum Gasteiger partial charge on any atom is -0.228 e. The van der Waals surface area contributed by atoms with Crippen LogP contribution in [0, 0.1) is 5.92 Å². The van der Waals surface area contributed by atoms with E-state index in [1.807, 2.05) is 0 Å². The highest BCUT2D eigenvalue weighted by atomic mass is 32.2. The van der Waals surface area contributed by atoms with E-state index < -0.39 is 10.0 Å². The number of primary sulfonamides is 1. The number of hydrogen-bond acceptors (Lipinski definition) is 2. The molecule has 4 heteroatoms. The van der Waals surface area contributed by atoms with E-state index in [1.54, 1.807) is 0 Å². The van der Waals surface area contributed by atoms with Gasteiger partial charge < -0.3 is 0 Å². The summed E-state index contributed by atoms with van der Waals surface area (Å²) in [5.41, 5.74) is 0. The van der Waals surface area contributed by atoms with Crippen LogP contribution in [0.5, 0.6) is 0 Å². The number of rotatable bonds is 2. The van der Waals surface area contributed by atoms with Gasteiger partial charge in [0.1, 0.15) is 0 Å². The fraction of sp³-hybridized carbons (Fsp3) is 1.00. The quantitative estimate of drug-likeness (QED) is 0.643. The van der Waals surface area contributed by atoms with Gasteiger partial charge in [-0.2, -0.15) is 0 Å². The minimum absolute atomic E-state index is 0.238. The Bertz CT molecular complexity index is 204. The fourth-order valence-electron chi connectivity index (χ4n) is 1.28. The molecule has 1 aliphatic carbocycles. The van der Waals surface area contributed by atoms with E-state index >= 15 is 0 Å². The molecule has 1 rings (SSSR count). The molecule has 0 amide bonds. The van der Waals surface area contributed by atoms with Gasteiger partial charge in [-0.05, 0) is 18.8 Å². The number of nitrogens with two attached hydrogens (primary N) is 1. The molecule has 1 aliphatic rings. The van der Waals surface area contributed by atoms with Crippen LogP contribution < -0.4 is 5.14 Å². The van der Waals surface area contributed by atoms with Crippen LogP contribution in [0.4, 0.5) is 0 Å². The fourth-order valence-corrected chi connectivity index (χ4v) is 2.36. The third-order valence-electron chi connectivity index (χ3n) is 2.23. The van der Waals surface area contributed by atoms with E-state index in [1.165, 1.54) is 0 Å². The summed E-state index contributed by atoms with van der Waals surface area (Å²) >= 11 is 0. The minimum atomic E-state index is -3.21. The molecule has 0 atom stereocenters. The summed E-state index contributed by atoms with van der Waals surface area (Å²) in [6.45, 7) is 2.07. The topological polar surface area (TPSA) is 60.2 Å². The first-order valence-electron chi connectivity index (χ1n) is 3.55. The predicted octanol–water partition coefficient (Wildman–Crippen LogP) is 0.464. The Morgan fingerprint density at radius 3 is 2.30 bits per heavy atom. The van der Waals surface area contributed by atoms with Crippen LogP contribution in [-0.2, 0) is 10.0 Å². The van der Waals surface area contributed by atoms with Gasteiger partial charge in [0.05, 0.1) is 5.25 Å². The average molecular weight is 163 g/mol. The van der Waals surface area contributed by atoms with Crippen LogP contribution in [0.25, 0.3) is 0 Å². The lowest BCUT2D eigenvalue weighted by Gasteiger charge is -2.32. The Balaban J connectivity index is 2.41. The molecule has 0 saturated heterocycles. The van der Waals surface area contributed by atoms with Gasteiger partial charge in [-0.1, -0.05) is 13.3 Å². The Labute approximate surface area is 61.7 Å². The van der Waals surface area contributed by atoms with Crippen molar-refractivity contribution in [3.63, 3.8) is 0 Å². The van der Waals surface area contributed by atoms with Crippen molar-refractivity contribution in [3.8, 4) is 0 Å². The maximum atomic E-state index is 10.7. The summed E-state index contributed by atoms with van der Waals surface area (Å²) in [6.07, 6.45) is 2.62. The summed E-state index contributed by atoms with van der Waals surface area (Å²) < 4.78 is 21.3. The van der Waals surface area contributed by atoms with Crippen molar-refractivity contribution < 1.29 is 8.42 Å². The van der Waals surface area contributed by atoms with Crippen molar-refractivity contribution in [1.29, 1.82) is 0 Å². The maximum absolute atomic E-state index is 10.7. The second kappa shape index (κ2) is 2.51. The van der Waals surface area contributed by atoms with Crippen molar-refractivity contribution in [2.45, 2.75) is 31.4 Å². The molecule has 60 valence electrons. The SMILES string of the molecule is CCC1CC(S(N)(=O)=O)C1. The second-order valence-corrected chi connectivity index (χ2v) is 4.80. The van der Waals surface area contributed by atoms with Crippen molar-refractivity contribution >= 4 is 10.0 Å². The molecule has 1 saturated carbocycles. The van der Waals surface area contributed by atoms with Crippen molar-refractivity contribution in [3.05, 3.63) is 0 Å². The van der Waals surface area contributed by atoms with Gasteiger partial charge >= 0.3 is 0 Å². The zero-order valence-electron chi connectivity index (χ0n) is 6.08. The van der Waals surface area contributed by atoms with Gasteiger partial charge in [-0.3, -0.25) is 0 Å².